The van der Waals surface area contributed by atoms with E-state index in [-0.39, 0.29) is 16.2 Å². The van der Waals surface area contributed by atoms with Crippen LogP contribution in [0.15, 0.2) is 23.1 Å². The molecule has 0 unspecified atom stereocenters. The molecule has 1 aromatic carbocycles. The third-order valence-electron chi connectivity index (χ3n) is 3.43. The average molecular weight is 306 g/mol. The minimum atomic E-state index is -3.67. The van der Waals surface area contributed by atoms with Crippen molar-refractivity contribution in [2.24, 2.45) is 5.41 Å². The molecule has 1 fully saturated rings. The van der Waals surface area contributed by atoms with Gasteiger partial charge >= 0.3 is 0 Å². The third kappa shape index (κ3) is 2.93. The summed E-state index contributed by atoms with van der Waals surface area (Å²) >= 11 is 5.75. The van der Waals surface area contributed by atoms with Gasteiger partial charge in [-0.3, -0.25) is 0 Å². The number of alkyl halides is 1. The molecule has 0 aliphatic carbocycles. The van der Waals surface area contributed by atoms with E-state index in [0.717, 1.165) is 12.5 Å². The predicted octanol–water partition coefficient (Wildman–Crippen LogP) is 2.99. The van der Waals surface area contributed by atoms with Gasteiger partial charge in [0.15, 0.2) is 0 Å². The number of sulfonamides is 1. The van der Waals surface area contributed by atoms with Crippen LogP contribution in [0, 0.1) is 11.2 Å². The summed E-state index contributed by atoms with van der Waals surface area (Å²) in [6.07, 6.45) is 0.803. The van der Waals surface area contributed by atoms with Gasteiger partial charge in [0.2, 0.25) is 10.0 Å². The van der Waals surface area contributed by atoms with Crippen molar-refractivity contribution >= 4 is 21.6 Å². The summed E-state index contributed by atoms with van der Waals surface area (Å²) in [5.41, 5.74) is 0.398. The van der Waals surface area contributed by atoms with Crippen molar-refractivity contribution in [3.63, 3.8) is 0 Å². The van der Waals surface area contributed by atoms with Crippen LogP contribution < -0.4 is 0 Å². The number of hydrogen-bond donors (Lipinski definition) is 0. The Morgan fingerprint density at radius 1 is 1.42 bits per heavy atom. The summed E-state index contributed by atoms with van der Waals surface area (Å²) in [6.45, 7) is 4.97. The molecule has 1 aromatic rings. The fourth-order valence-corrected chi connectivity index (χ4v) is 4.46. The van der Waals surface area contributed by atoms with Crippen molar-refractivity contribution in [1.29, 1.82) is 0 Å². The van der Waals surface area contributed by atoms with E-state index in [1.54, 1.807) is 0 Å². The van der Waals surface area contributed by atoms with Gasteiger partial charge < -0.3 is 0 Å². The first-order valence-electron chi connectivity index (χ1n) is 6.11. The van der Waals surface area contributed by atoms with E-state index in [0.29, 0.717) is 18.7 Å². The Hall–Kier alpha value is -0.650. The quantitative estimate of drug-likeness (QED) is 0.805. The highest BCUT2D eigenvalue weighted by atomic mass is 35.5. The van der Waals surface area contributed by atoms with E-state index in [9.17, 15) is 12.8 Å². The van der Waals surface area contributed by atoms with Crippen LogP contribution >= 0.6 is 11.6 Å². The molecule has 2 rings (SSSR count). The molecule has 1 aliphatic heterocycles. The van der Waals surface area contributed by atoms with Crippen molar-refractivity contribution in [1.82, 2.24) is 4.31 Å². The van der Waals surface area contributed by atoms with Crippen molar-refractivity contribution in [2.75, 3.05) is 13.1 Å². The van der Waals surface area contributed by atoms with Gasteiger partial charge in [0.05, 0.1) is 4.90 Å². The summed E-state index contributed by atoms with van der Waals surface area (Å²) in [4.78, 5) is -0.0137. The Balaban J connectivity index is 2.43. The zero-order chi connectivity index (χ0) is 14.3. The van der Waals surface area contributed by atoms with Crippen LogP contribution in [0.25, 0.3) is 0 Å². The van der Waals surface area contributed by atoms with Gasteiger partial charge in [-0.1, -0.05) is 19.9 Å². The largest absolute Gasteiger partial charge is 0.243 e. The first-order chi connectivity index (χ1) is 8.76. The number of halogens is 2. The van der Waals surface area contributed by atoms with Gasteiger partial charge in [0.1, 0.15) is 5.82 Å². The molecule has 1 heterocycles. The Labute approximate surface area is 118 Å². The van der Waals surface area contributed by atoms with E-state index >= 15 is 0 Å². The molecule has 0 aromatic heterocycles. The summed E-state index contributed by atoms with van der Waals surface area (Å²) in [6, 6.07) is 3.71. The minimum Gasteiger partial charge on any atom is -0.207 e. The lowest BCUT2D eigenvalue weighted by atomic mass is 9.93. The van der Waals surface area contributed by atoms with Gasteiger partial charge in [-0.05, 0) is 29.5 Å². The van der Waals surface area contributed by atoms with Crippen LogP contribution in [-0.4, -0.2) is 25.8 Å². The van der Waals surface area contributed by atoms with Gasteiger partial charge in [-0.15, -0.1) is 11.6 Å². The minimum absolute atomic E-state index is 0.0137. The maximum Gasteiger partial charge on any atom is 0.243 e. The average Bonchev–Trinajstić information content (AvgIpc) is 2.70. The molecule has 0 saturated carbocycles. The van der Waals surface area contributed by atoms with Crippen molar-refractivity contribution < 1.29 is 12.8 Å². The number of hydrogen-bond acceptors (Lipinski definition) is 2. The molecule has 1 aliphatic rings. The zero-order valence-electron chi connectivity index (χ0n) is 11.0. The van der Waals surface area contributed by atoms with Crippen molar-refractivity contribution in [3.8, 4) is 0 Å². The fraction of sp³-hybridized carbons (Fsp3) is 0.538. The van der Waals surface area contributed by atoms with Crippen LogP contribution in [0.2, 0.25) is 0 Å². The summed E-state index contributed by atoms with van der Waals surface area (Å²) < 4.78 is 39.9. The summed E-state index contributed by atoms with van der Waals surface area (Å²) in [5, 5.41) is 0. The topological polar surface area (TPSA) is 37.4 Å². The SMILES string of the molecule is CC1(C)CCN(S(=O)(=O)c2cc(F)ccc2CCl)C1. The Morgan fingerprint density at radius 2 is 2.11 bits per heavy atom. The lowest BCUT2D eigenvalue weighted by Crippen LogP contribution is -2.31. The van der Waals surface area contributed by atoms with Gasteiger partial charge in [0, 0.05) is 19.0 Å². The molecule has 0 bridgehead atoms. The molecule has 0 N–H and O–H groups in total. The Morgan fingerprint density at radius 3 is 2.63 bits per heavy atom. The standard InChI is InChI=1S/C13H17ClFNO2S/c1-13(2)5-6-16(9-13)19(17,18)12-7-11(15)4-3-10(12)8-14/h3-4,7H,5-6,8-9H2,1-2H3. The smallest absolute Gasteiger partial charge is 0.207 e. The van der Waals surface area contributed by atoms with Crippen LogP contribution in [0.3, 0.4) is 0 Å². The van der Waals surface area contributed by atoms with Gasteiger partial charge in [-0.2, -0.15) is 4.31 Å². The second kappa shape index (κ2) is 5.04. The normalized spacial score (nSPS) is 19.8. The van der Waals surface area contributed by atoms with Crippen LogP contribution in [0.4, 0.5) is 4.39 Å². The highest BCUT2D eigenvalue weighted by Crippen LogP contribution is 2.33. The molecule has 0 atom stereocenters. The maximum absolute atomic E-state index is 13.3. The third-order valence-corrected chi connectivity index (χ3v) is 5.65. The van der Waals surface area contributed by atoms with Gasteiger partial charge in [-0.25, -0.2) is 12.8 Å². The maximum atomic E-state index is 13.3. The molecule has 0 amide bonds. The first-order valence-corrected chi connectivity index (χ1v) is 8.08. The summed E-state index contributed by atoms with van der Waals surface area (Å²) in [7, 11) is -3.67. The number of benzene rings is 1. The van der Waals surface area contributed by atoms with Crippen LogP contribution in [0.1, 0.15) is 25.8 Å². The van der Waals surface area contributed by atoms with Crippen molar-refractivity contribution in [3.05, 3.63) is 29.6 Å². The Bertz CT molecular complexity index is 586. The van der Waals surface area contributed by atoms with E-state index in [2.05, 4.69) is 0 Å². The van der Waals surface area contributed by atoms with Crippen molar-refractivity contribution in [2.45, 2.75) is 31.0 Å². The molecule has 3 nitrogen and oxygen atoms in total. The highest BCUT2D eigenvalue weighted by Gasteiger charge is 2.37. The molecule has 0 radical (unpaired) electrons. The number of rotatable bonds is 3. The molecule has 106 valence electrons. The molecular weight excluding hydrogens is 289 g/mol. The highest BCUT2D eigenvalue weighted by molar-refractivity contribution is 7.89. The zero-order valence-corrected chi connectivity index (χ0v) is 12.6. The number of nitrogens with zero attached hydrogens (tertiary/aromatic N) is 1. The van der Waals surface area contributed by atoms with E-state index in [4.69, 9.17) is 11.6 Å². The van der Waals surface area contributed by atoms with E-state index in [1.165, 1.54) is 16.4 Å². The predicted molar refractivity (Wildman–Crippen MR) is 73.1 cm³/mol. The molecular formula is C13H17ClFNO2S. The van der Waals surface area contributed by atoms with Gasteiger partial charge in [0.25, 0.3) is 0 Å². The van der Waals surface area contributed by atoms with Crippen LogP contribution in [0.5, 0.6) is 0 Å². The molecule has 0 spiro atoms. The molecule has 6 heteroatoms. The monoisotopic (exact) mass is 305 g/mol. The molecule has 19 heavy (non-hydrogen) atoms. The summed E-state index contributed by atoms with van der Waals surface area (Å²) in [5.74, 6) is -0.516. The lowest BCUT2D eigenvalue weighted by molar-refractivity contribution is 0.375. The van der Waals surface area contributed by atoms with E-state index in [1.807, 2.05) is 13.8 Å². The molecule has 1 saturated heterocycles. The Kier molecular flexibility index (Phi) is 3.91. The lowest BCUT2D eigenvalue weighted by Gasteiger charge is -2.20. The van der Waals surface area contributed by atoms with Crippen LogP contribution in [-0.2, 0) is 15.9 Å². The second-order valence-electron chi connectivity index (χ2n) is 5.64. The van der Waals surface area contributed by atoms with E-state index < -0.39 is 15.8 Å². The first kappa shape index (κ1) is 14.8. The fourth-order valence-electron chi connectivity index (χ4n) is 2.29. The second-order valence-corrected chi connectivity index (χ2v) is 7.81.